The molecule has 0 saturated carbocycles. The van der Waals surface area contributed by atoms with Gasteiger partial charge in [0.05, 0.1) is 5.03 Å². The second-order valence-corrected chi connectivity index (χ2v) is 4.55. The minimum absolute atomic E-state index is 0.0207. The zero-order valence-electron chi connectivity index (χ0n) is 10.0. The predicted octanol–water partition coefficient (Wildman–Crippen LogP) is 4.59. The Hall–Kier alpha value is -2.19. The lowest BCUT2D eigenvalue weighted by Crippen LogP contribution is -1.91. The maximum absolute atomic E-state index is 10.1. The fraction of sp³-hybridized carbons (Fsp3) is 0. The van der Waals surface area contributed by atoms with Gasteiger partial charge < -0.3 is 9.84 Å². The van der Waals surface area contributed by atoms with Crippen LogP contribution in [0.1, 0.15) is 11.1 Å². The van der Waals surface area contributed by atoms with Crippen LogP contribution in [0.25, 0.3) is 10.6 Å². The number of para-hydroxylation sites is 1. The summed E-state index contributed by atoms with van der Waals surface area (Å²) < 4.78 is 5.44. The highest BCUT2D eigenvalue weighted by atomic mass is 35.5. The van der Waals surface area contributed by atoms with Gasteiger partial charge in [0.15, 0.2) is 5.76 Å². The van der Waals surface area contributed by atoms with Gasteiger partial charge in [-0.2, -0.15) is 0 Å². The summed E-state index contributed by atoms with van der Waals surface area (Å²) in [7, 11) is 0. The molecule has 3 rings (SSSR count). The standard InChI is InChI=1S/C16H11ClO2/c17-16-12-8-4-5-9-14(12)19-10-13(18)15(16)11-6-2-1-3-7-11/h1-10,18H. The van der Waals surface area contributed by atoms with Crippen molar-refractivity contribution in [2.24, 2.45) is 0 Å². The van der Waals surface area contributed by atoms with E-state index in [2.05, 4.69) is 0 Å². The highest BCUT2D eigenvalue weighted by Crippen LogP contribution is 2.40. The van der Waals surface area contributed by atoms with E-state index in [1.54, 1.807) is 0 Å². The molecule has 2 nitrogen and oxygen atoms in total. The zero-order valence-corrected chi connectivity index (χ0v) is 10.8. The third-order valence-electron chi connectivity index (χ3n) is 2.96. The molecule has 1 heterocycles. The van der Waals surface area contributed by atoms with Crippen molar-refractivity contribution in [3.8, 4) is 5.75 Å². The minimum Gasteiger partial charge on any atom is -0.504 e. The van der Waals surface area contributed by atoms with Crippen LogP contribution in [0.4, 0.5) is 0 Å². The van der Waals surface area contributed by atoms with E-state index in [4.69, 9.17) is 16.3 Å². The third-order valence-corrected chi connectivity index (χ3v) is 3.35. The second kappa shape index (κ2) is 4.82. The molecule has 3 heteroatoms. The molecule has 2 aromatic carbocycles. The van der Waals surface area contributed by atoms with Crippen LogP contribution in [0.2, 0.25) is 0 Å². The SMILES string of the molecule is OC1=COc2ccccc2C(Cl)=C1c1ccccc1. The van der Waals surface area contributed by atoms with E-state index < -0.39 is 0 Å². The molecule has 0 bridgehead atoms. The Balaban J connectivity index is 2.26. The van der Waals surface area contributed by atoms with E-state index >= 15 is 0 Å². The molecule has 94 valence electrons. The molecule has 0 radical (unpaired) electrons. The average molecular weight is 271 g/mol. The maximum atomic E-state index is 10.1. The van der Waals surface area contributed by atoms with Gasteiger partial charge in [0.2, 0.25) is 0 Å². The maximum Gasteiger partial charge on any atom is 0.160 e. The minimum atomic E-state index is 0.0207. The largest absolute Gasteiger partial charge is 0.504 e. The molecule has 0 unspecified atom stereocenters. The van der Waals surface area contributed by atoms with E-state index in [1.807, 2.05) is 54.6 Å². The van der Waals surface area contributed by atoms with E-state index in [1.165, 1.54) is 6.26 Å². The quantitative estimate of drug-likeness (QED) is 0.821. The van der Waals surface area contributed by atoms with Gasteiger partial charge in [0, 0.05) is 11.1 Å². The van der Waals surface area contributed by atoms with Crippen LogP contribution >= 0.6 is 11.6 Å². The number of benzene rings is 2. The van der Waals surface area contributed by atoms with E-state index in [-0.39, 0.29) is 5.76 Å². The molecule has 0 aromatic heterocycles. The van der Waals surface area contributed by atoms with Gasteiger partial charge in [-0.15, -0.1) is 0 Å². The Morgan fingerprint density at radius 3 is 2.37 bits per heavy atom. The number of aliphatic hydroxyl groups is 1. The number of allylic oxidation sites excluding steroid dienone is 1. The average Bonchev–Trinajstić information content (AvgIpc) is 2.58. The van der Waals surface area contributed by atoms with Crippen molar-refractivity contribution in [2.75, 3.05) is 0 Å². The molecule has 0 spiro atoms. The van der Waals surface area contributed by atoms with Gasteiger partial charge in [-0.1, -0.05) is 54.1 Å². The Kier molecular flexibility index (Phi) is 3.02. The topological polar surface area (TPSA) is 29.5 Å². The van der Waals surface area contributed by atoms with Gasteiger partial charge in [-0.05, 0) is 17.7 Å². The Morgan fingerprint density at radius 2 is 1.58 bits per heavy atom. The molecular weight excluding hydrogens is 260 g/mol. The van der Waals surface area contributed by atoms with Crippen molar-refractivity contribution in [1.29, 1.82) is 0 Å². The lowest BCUT2D eigenvalue weighted by molar-refractivity contribution is 0.390. The van der Waals surface area contributed by atoms with Crippen LogP contribution in [0, 0.1) is 0 Å². The number of rotatable bonds is 1. The smallest absolute Gasteiger partial charge is 0.160 e. The highest BCUT2D eigenvalue weighted by molar-refractivity contribution is 6.53. The van der Waals surface area contributed by atoms with E-state index in [9.17, 15) is 5.11 Å². The highest BCUT2D eigenvalue weighted by Gasteiger charge is 2.20. The molecule has 1 aliphatic rings. The van der Waals surface area contributed by atoms with Gasteiger partial charge >= 0.3 is 0 Å². The molecular formula is C16H11ClO2. The summed E-state index contributed by atoms with van der Waals surface area (Å²) in [5.41, 5.74) is 2.19. The second-order valence-electron chi connectivity index (χ2n) is 4.17. The predicted molar refractivity (Wildman–Crippen MR) is 76.9 cm³/mol. The lowest BCUT2D eigenvalue weighted by atomic mass is 10.0. The molecule has 19 heavy (non-hydrogen) atoms. The van der Waals surface area contributed by atoms with Crippen LogP contribution < -0.4 is 4.74 Å². The summed E-state index contributed by atoms with van der Waals surface area (Å²) in [6, 6.07) is 16.9. The summed E-state index contributed by atoms with van der Waals surface area (Å²) in [6.45, 7) is 0. The van der Waals surface area contributed by atoms with Gasteiger partial charge in [0.25, 0.3) is 0 Å². The lowest BCUT2D eigenvalue weighted by Gasteiger charge is -2.08. The van der Waals surface area contributed by atoms with Gasteiger partial charge in [-0.25, -0.2) is 0 Å². The number of aliphatic hydroxyl groups excluding tert-OH is 1. The van der Waals surface area contributed by atoms with Crippen molar-refractivity contribution in [3.05, 3.63) is 77.7 Å². The summed E-state index contributed by atoms with van der Waals surface area (Å²) in [5, 5.41) is 10.6. The monoisotopic (exact) mass is 270 g/mol. The molecule has 1 N–H and O–H groups in total. The zero-order chi connectivity index (χ0) is 13.2. The number of ether oxygens (including phenoxy) is 1. The van der Waals surface area contributed by atoms with Crippen molar-refractivity contribution in [2.45, 2.75) is 0 Å². The molecule has 0 atom stereocenters. The van der Waals surface area contributed by atoms with E-state index in [0.717, 1.165) is 11.1 Å². The van der Waals surface area contributed by atoms with Crippen LogP contribution in [-0.4, -0.2) is 5.11 Å². The number of fused-ring (bicyclic) bond motifs is 1. The van der Waals surface area contributed by atoms with Crippen molar-refractivity contribution >= 4 is 22.2 Å². The van der Waals surface area contributed by atoms with Crippen molar-refractivity contribution in [1.82, 2.24) is 0 Å². The Bertz CT molecular complexity index is 672. The molecule has 0 aliphatic carbocycles. The molecule has 1 aliphatic heterocycles. The third kappa shape index (κ3) is 2.11. The summed E-state index contributed by atoms with van der Waals surface area (Å²) in [5.74, 6) is 0.650. The first-order chi connectivity index (χ1) is 9.27. The number of hydrogen-bond donors (Lipinski definition) is 1. The fourth-order valence-electron chi connectivity index (χ4n) is 2.06. The van der Waals surface area contributed by atoms with Gasteiger partial charge in [0.1, 0.15) is 12.0 Å². The van der Waals surface area contributed by atoms with Crippen LogP contribution in [-0.2, 0) is 0 Å². The molecule has 0 amide bonds. The summed E-state index contributed by atoms with van der Waals surface area (Å²) >= 11 is 6.45. The van der Waals surface area contributed by atoms with Crippen molar-refractivity contribution in [3.63, 3.8) is 0 Å². The van der Waals surface area contributed by atoms with E-state index in [0.29, 0.717) is 16.4 Å². The van der Waals surface area contributed by atoms with Crippen molar-refractivity contribution < 1.29 is 9.84 Å². The number of hydrogen-bond acceptors (Lipinski definition) is 2. The first kappa shape index (κ1) is 11.9. The summed E-state index contributed by atoms with van der Waals surface area (Å²) in [6.07, 6.45) is 1.32. The van der Waals surface area contributed by atoms with Crippen LogP contribution in [0.15, 0.2) is 66.6 Å². The van der Waals surface area contributed by atoms with Crippen LogP contribution in [0.3, 0.4) is 0 Å². The molecule has 0 fully saturated rings. The normalized spacial score (nSPS) is 14.3. The summed E-state index contributed by atoms with van der Waals surface area (Å²) in [4.78, 5) is 0. The van der Waals surface area contributed by atoms with Gasteiger partial charge in [-0.3, -0.25) is 0 Å². The van der Waals surface area contributed by atoms with Crippen LogP contribution in [0.5, 0.6) is 5.75 Å². The Labute approximate surface area is 116 Å². The molecule has 0 saturated heterocycles. The molecule has 2 aromatic rings. The Morgan fingerprint density at radius 1 is 0.895 bits per heavy atom. The first-order valence-electron chi connectivity index (χ1n) is 5.88. The first-order valence-corrected chi connectivity index (χ1v) is 6.26. The number of halogens is 1. The fourth-order valence-corrected chi connectivity index (χ4v) is 2.42.